The van der Waals surface area contributed by atoms with Gasteiger partial charge in [0.1, 0.15) is 5.76 Å². The molecule has 2 aliphatic rings. The summed E-state index contributed by atoms with van der Waals surface area (Å²) in [5.74, 6) is 1.09. The molecule has 6 nitrogen and oxygen atoms in total. The smallest absolute Gasteiger partial charge is 0.291 e. The third-order valence-electron chi connectivity index (χ3n) is 5.90. The minimum absolute atomic E-state index is 0.131. The monoisotopic (exact) mass is 395 g/mol. The second kappa shape index (κ2) is 8.41. The van der Waals surface area contributed by atoms with Crippen molar-refractivity contribution < 1.29 is 14.0 Å². The molecule has 0 spiro atoms. The molecule has 2 aliphatic heterocycles. The minimum Gasteiger partial charge on any atom is -0.456 e. The third kappa shape index (κ3) is 4.22. The molecule has 1 aromatic carbocycles. The summed E-state index contributed by atoms with van der Waals surface area (Å²) in [6, 6.07) is 9.52. The van der Waals surface area contributed by atoms with Gasteiger partial charge in [-0.2, -0.15) is 0 Å². The Morgan fingerprint density at radius 2 is 2.03 bits per heavy atom. The van der Waals surface area contributed by atoms with Crippen LogP contribution >= 0.6 is 0 Å². The Morgan fingerprint density at radius 1 is 1.24 bits per heavy atom. The van der Waals surface area contributed by atoms with Crippen molar-refractivity contribution in [2.45, 2.75) is 58.5 Å². The molecule has 2 amide bonds. The molecular formula is C23H29N3O3. The van der Waals surface area contributed by atoms with Crippen LogP contribution in [-0.4, -0.2) is 35.8 Å². The lowest BCUT2D eigenvalue weighted by atomic mass is 10.2. The largest absolute Gasteiger partial charge is 0.456 e. The number of aryl methyl sites for hydroxylation is 1. The number of nitrogens with one attached hydrogen (secondary N) is 1. The van der Waals surface area contributed by atoms with E-state index >= 15 is 0 Å². The second-order valence-corrected chi connectivity index (χ2v) is 8.05. The van der Waals surface area contributed by atoms with Gasteiger partial charge >= 0.3 is 0 Å². The van der Waals surface area contributed by atoms with Gasteiger partial charge in [-0.15, -0.1) is 0 Å². The molecule has 1 aromatic heterocycles. The van der Waals surface area contributed by atoms with Gasteiger partial charge in [0.25, 0.3) is 5.91 Å². The van der Waals surface area contributed by atoms with Crippen LogP contribution in [-0.2, 0) is 17.8 Å². The molecule has 2 fully saturated rings. The first kappa shape index (κ1) is 19.7. The lowest BCUT2D eigenvalue weighted by molar-refractivity contribution is -0.117. The van der Waals surface area contributed by atoms with E-state index in [0.29, 0.717) is 17.9 Å². The summed E-state index contributed by atoms with van der Waals surface area (Å²) in [5.41, 5.74) is 2.58. The Hall–Kier alpha value is -2.60. The summed E-state index contributed by atoms with van der Waals surface area (Å²) in [5, 5.41) is 2.93. The van der Waals surface area contributed by atoms with Gasteiger partial charge in [0.2, 0.25) is 5.91 Å². The summed E-state index contributed by atoms with van der Waals surface area (Å²) in [6.45, 7) is 7.15. The normalized spacial score (nSPS) is 19.9. The van der Waals surface area contributed by atoms with Gasteiger partial charge in [0.05, 0.1) is 0 Å². The standard InChI is InChI=1S/C23H29N3O3/c1-3-20-17(15-25-11-4-5-12-25)13-21(29-20)23(28)24-18-7-6-8-19(14-18)26-16(2)9-10-22(26)27/h6-8,13-14,16H,3-5,9-12,15H2,1-2H3,(H,24,28). The fourth-order valence-electron chi connectivity index (χ4n) is 4.35. The molecule has 1 unspecified atom stereocenters. The summed E-state index contributed by atoms with van der Waals surface area (Å²) in [4.78, 5) is 29.2. The fraction of sp³-hybridized carbons (Fsp3) is 0.478. The number of carbonyl (C=O) groups is 2. The topological polar surface area (TPSA) is 65.8 Å². The summed E-state index contributed by atoms with van der Waals surface area (Å²) < 4.78 is 5.87. The SMILES string of the molecule is CCc1oc(C(=O)Nc2cccc(N3C(=O)CCC3C)c2)cc1CN1CCCC1. The Morgan fingerprint density at radius 3 is 2.72 bits per heavy atom. The van der Waals surface area contributed by atoms with Crippen molar-refractivity contribution in [2.24, 2.45) is 0 Å². The molecule has 0 aliphatic carbocycles. The highest BCUT2D eigenvalue weighted by atomic mass is 16.4. The average molecular weight is 396 g/mol. The van der Waals surface area contributed by atoms with E-state index in [1.807, 2.05) is 49.1 Å². The molecule has 2 aromatic rings. The van der Waals surface area contributed by atoms with Gasteiger partial charge in [-0.25, -0.2) is 0 Å². The lowest BCUT2D eigenvalue weighted by Crippen LogP contribution is -2.30. The molecule has 1 N–H and O–H groups in total. The second-order valence-electron chi connectivity index (χ2n) is 8.05. The van der Waals surface area contributed by atoms with Gasteiger partial charge < -0.3 is 14.6 Å². The molecule has 29 heavy (non-hydrogen) atoms. The average Bonchev–Trinajstić information content (AvgIpc) is 3.43. The molecule has 4 rings (SSSR count). The van der Waals surface area contributed by atoms with Crippen LogP contribution in [0.4, 0.5) is 11.4 Å². The van der Waals surface area contributed by atoms with Crippen LogP contribution in [0, 0.1) is 0 Å². The summed E-state index contributed by atoms with van der Waals surface area (Å²) >= 11 is 0. The Labute approximate surface area is 171 Å². The summed E-state index contributed by atoms with van der Waals surface area (Å²) in [7, 11) is 0. The van der Waals surface area contributed by atoms with Gasteiger partial charge in [-0.05, 0) is 63.5 Å². The maximum Gasteiger partial charge on any atom is 0.291 e. The maximum absolute atomic E-state index is 12.8. The Kier molecular flexibility index (Phi) is 5.72. The first-order valence-electron chi connectivity index (χ1n) is 10.6. The molecule has 1 atom stereocenters. The van der Waals surface area contributed by atoms with E-state index < -0.39 is 0 Å². The number of amides is 2. The highest BCUT2D eigenvalue weighted by Crippen LogP contribution is 2.29. The lowest BCUT2D eigenvalue weighted by Gasteiger charge is -2.22. The zero-order chi connectivity index (χ0) is 20.4. The number of hydrogen-bond acceptors (Lipinski definition) is 4. The molecule has 2 saturated heterocycles. The summed E-state index contributed by atoms with van der Waals surface area (Å²) in [6.07, 6.45) is 4.67. The molecule has 154 valence electrons. The predicted octanol–water partition coefficient (Wildman–Crippen LogP) is 4.21. The molecule has 0 bridgehead atoms. The molecular weight excluding hydrogens is 366 g/mol. The zero-order valence-corrected chi connectivity index (χ0v) is 17.2. The number of furan rings is 1. The van der Waals surface area contributed by atoms with Crippen LogP contribution < -0.4 is 10.2 Å². The molecule has 0 saturated carbocycles. The molecule has 6 heteroatoms. The number of rotatable bonds is 6. The first-order valence-corrected chi connectivity index (χ1v) is 10.6. The third-order valence-corrected chi connectivity index (χ3v) is 5.90. The van der Waals surface area contributed by atoms with E-state index in [-0.39, 0.29) is 17.9 Å². The minimum atomic E-state index is -0.259. The van der Waals surface area contributed by atoms with Gasteiger partial charge in [0, 0.05) is 42.4 Å². The highest BCUT2D eigenvalue weighted by molar-refractivity contribution is 6.03. The van der Waals surface area contributed by atoms with Crippen molar-refractivity contribution >= 4 is 23.2 Å². The van der Waals surface area contributed by atoms with Crippen molar-refractivity contribution in [3.8, 4) is 0 Å². The first-order chi connectivity index (χ1) is 14.0. The van der Waals surface area contributed by atoms with E-state index in [1.54, 1.807) is 0 Å². The van der Waals surface area contributed by atoms with Crippen LogP contribution in [0.5, 0.6) is 0 Å². The zero-order valence-electron chi connectivity index (χ0n) is 17.2. The van der Waals surface area contributed by atoms with E-state index in [1.165, 1.54) is 12.8 Å². The van der Waals surface area contributed by atoms with Crippen molar-refractivity contribution in [3.05, 3.63) is 47.4 Å². The van der Waals surface area contributed by atoms with E-state index in [4.69, 9.17) is 4.42 Å². The van der Waals surface area contributed by atoms with Crippen LogP contribution in [0.2, 0.25) is 0 Å². The van der Waals surface area contributed by atoms with Crippen molar-refractivity contribution in [1.82, 2.24) is 4.90 Å². The van der Waals surface area contributed by atoms with Crippen molar-refractivity contribution in [1.29, 1.82) is 0 Å². The predicted molar refractivity (Wildman–Crippen MR) is 113 cm³/mol. The van der Waals surface area contributed by atoms with Crippen molar-refractivity contribution in [3.63, 3.8) is 0 Å². The maximum atomic E-state index is 12.8. The number of nitrogens with zero attached hydrogens (tertiary/aromatic N) is 2. The Bertz CT molecular complexity index is 899. The molecule has 3 heterocycles. The fourth-order valence-corrected chi connectivity index (χ4v) is 4.35. The molecule has 0 radical (unpaired) electrons. The van der Waals surface area contributed by atoms with E-state index in [0.717, 1.165) is 49.5 Å². The Balaban J connectivity index is 1.48. The quantitative estimate of drug-likeness (QED) is 0.796. The van der Waals surface area contributed by atoms with E-state index in [2.05, 4.69) is 10.2 Å². The van der Waals surface area contributed by atoms with Gasteiger partial charge in [0.15, 0.2) is 5.76 Å². The van der Waals surface area contributed by atoms with Gasteiger partial charge in [-0.3, -0.25) is 14.5 Å². The number of likely N-dealkylation sites (tertiary alicyclic amines) is 1. The number of hydrogen-bond donors (Lipinski definition) is 1. The van der Waals surface area contributed by atoms with Crippen molar-refractivity contribution in [2.75, 3.05) is 23.3 Å². The highest BCUT2D eigenvalue weighted by Gasteiger charge is 2.29. The van der Waals surface area contributed by atoms with Crippen LogP contribution in [0.25, 0.3) is 0 Å². The number of carbonyl (C=O) groups excluding carboxylic acids is 2. The van der Waals surface area contributed by atoms with Crippen LogP contribution in [0.3, 0.4) is 0 Å². The van der Waals surface area contributed by atoms with Crippen LogP contribution in [0.1, 0.15) is 61.4 Å². The van der Waals surface area contributed by atoms with E-state index in [9.17, 15) is 9.59 Å². The number of anilines is 2. The number of benzene rings is 1. The van der Waals surface area contributed by atoms with Gasteiger partial charge in [-0.1, -0.05) is 13.0 Å². The van der Waals surface area contributed by atoms with Crippen LogP contribution in [0.15, 0.2) is 34.7 Å².